The van der Waals surface area contributed by atoms with Gasteiger partial charge in [-0.05, 0) is 30.7 Å². The van der Waals surface area contributed by atoms with Crippen molar-refractivity contribution in [3.63, 3.8) is 0 Å². The second-order valence-electron chi connectivity index (χ2n) is 5.82. The Bertz CT molecular complexity index is 557. The molecule has 20 heavy (non-hydrogen) atoms. The van der Waals surface area contributed by atoms with Crippen LogP contribution in [0.1, 0.15) is 44.7 Å². The molecule has 0 atom stereocenters. The second kappa shape index (κ2) is 5.87. The van der Waals surface area contributed by atoms with Gasteiger partial charge < -0.3 is 9.67 Å². The average molecular weight is 300 g/mol. The van der Waals surface area contributed by atoms with Crippen molar-refractivity contribution in [2.45, 2.75) is 50.5 Å². The summed E-state index contributed by atoms with van der Waals surface area (Å²) >= 11 is 0. The number of rotatable bonds is 6. The number of aliphatic hydroxyl groups excluding tert-OH is 1. The summed E-state index contributed by atoms with van der Waals surface area (Å²) in [6.07, 6.45) is 7.13. The molecule has 1 aliphatic rings. The Balaban J connectivity index is 2.10. The van der Waals surface area contributed by atoms with Crippen molar-refractivity contribution in [3.05, 3.63) is 18.0 Å². The monoisotopic (exact) mass is 300 g/mol. The molecular weight excluding hydrogens is 276 g/mol. The van der Waals surface area contributed by atoms with Gasteiger partial charge in [-0.15, -0.1) is 0 Å². The Kier molecular flexibility index (Phi) is 4.56. The highest BCUT2D eigenvalue weighted by molar-refractivity contribution is 7.89. The van der Waals surface area contributed by atoms with Crippen molar-refractivity contribution in [3.8, 4) is 0 Å². The summed E-state index contributed by atoms with van der Waals surface area (Å²) in [4.78, 5) is 0.230. The van der Waals surface area contributed by atoms with E-state index in [1.165, 1.54) is 18.9 Å². The standard InChI is InChI=1S/C14H24N2O3S/c1-3-14(6-4-5-7-14)11-15-20(18,19)13-8-12(10-17)16(2)9-13/h8-9,15,17H,3-7,10-11H2,1-2H3. The molecule has 1 aliphatic carbocycles. The van der Waals surface area contributed by atoms with Gasteiger partial charge in [0, 0.05) is 25.5 Å². The fourth-order valence-electron chi connectivity index (χ4n) is 2.99. The molecule has 0 amide bonds. The summed E-state index contributed by atoms with van der Waals surface area (Å²) < 4.78 is 29.0. The van der Waals surface area contributed by atoms with Crippen LogP contribution in [0, 0.1) is 5.41 Å². The molecule has 6 heteroatoms. The quantitative estimate of drug-likeness (QED) is 0.841. The molecule has 5 nitrogen and oxygen atoms in total. The lowest BCUT2D eigenvalue weighted by Crippen LogP contribution is -2.35. The molecule has 0 aromatic carbocycles. The third-order valence-corrected chi connectivity index (χ3v) is 5.97. The Hall–Kier alpha value is -0.850. The van der Waals surface area contributed by atoms with Crippen molar-refractivity contribution in [1.29, 1.82) is 0 Å². The van der Waals surface area contributed by atoms with Crippen LogP contribution in [0.2, 0.25) is 0 Å². The molecular formula is C14H24N2O3S. The Labute approximate surface area is 121 Å². The number of aromatic nitrogens is 1. The van der Waals surface area contributed by atoms with Gasteiger partial charge in [0.2, 0.25) is 10.0 Å². The molecule has 1 saturated carbocycles. The van der Waals surface area contributed by atoms with Crippen molar-refractivity contribution >= 4 is 10.0 Å². The lowest BCUT2D eigenvalue weighted by atomic mass is 9.84. The smallest absolute Gasteiger partial charge is 0.242 e. The number of sulfonamides is 1. The predicted octanol–water partition coefficient (Wildman–Crippen LogP) is 1.77. The SMILES string of the molecule is CCC1(CNS(=O)(=O)c2cc(CO)n(C)c2)CCCC1. The molecule has 1 aromatic heterocycles. The van der Waals surface area contributed by atoms with Crippen LogP contribution < -0.4 is 4.72 Å². The summed E-state index contributed by atoms with van der Waals surface area (Å²) in [5, 5.41) is 9.14. The van der Waals surface area contributed by atoms with Gasteiger partial charge in [0.25, 0.3) is 0 Å². The fraction of sp³-hybridized carbons (Fsp3) is 0.714. The van der Waals surface area contributed by atoms with Crippen LogP contribution in [0.4, 0.5) is 0 Å². The summed E-state index contributed by atoms with van der Waals surface area (Å²) in [6.45, 7) is 2.48. The first-order valence-electron chi connectivity index (χ1n) is 7.18. The van der Waals surface area contributed by atoms with E-state index in [-0.39, 0.29) is 16.9 Å². The Morgan fingerprint density at radius 2 is 2.05 bits per heavy atom. The van der Waals surface area contributed by atoms with Gasteiger partial charge in [0.15, 0.2) is 0 Å². The van der Waals surface area contributed by atoms with Gasteiger partial charge >= 0.3 is 0 Å². The molecule has 1 aromatic rings. The zero-order chi connectivity index (χ0) is 14.8. The molecule has 1 fully saturated rings. The van der Waals surface area contributed by atoms with Crippen LogP contribution >= 0.6 is 0 Å². The maximum atomic E-state index is 12.3. The lowest BCUT2D eigenvalue weighted by Gasteiger charge is -2.27. The Morgan fingerprint density at radius 3 is 2.55 bits per heavy atom. The minimum atomic E-state index is -3.49. The Morgan fingerprint density at radius 1 is 1.40 bits per heavy atom. The van der Waals surface area contributed by atoms with E-state index in [0.717, 1.165) is 19.3 Å². The van der Waals surface area contributed by atoms with Gasteiger partial charge in [-0.2, -0.15) is 0 Å². The first-order valence-corrected chi connectivity index (χ1v) is 8.66. The van der Waals surface area contributed by atoms with E-state index in [2.05, 4.69) is 11.6 Å². The van der Waals surface area contributed by atoms with Crippen molar-refractivity contribution < 1.29 is 13.5 Å². The van der Waals surface area contributed by atoms with Gasteiger partial charge in [0.1, 0.15) is 0 Å². The number of hydrogen-bond acceptors (Lipinski definition) is 3. The van der Waals surface area contributed by atoms with Crippen molar-refractivity contribution in [2.24, 2.45) is 12.5 Å². The maximum absolute atomic E-state index is 12.3. The molecule has 1 heterocycles. The van der Waals surface area contributed by atoms with E-state index in [9.17, 15) is 8.42 Å². The van der Waals surface area contributed by atoms with E-state index in [0.29, 0.717) is 12.2 Å². The van der Waals surface area contributed by atoms with Gasteiger partial charge in [-0.25, -0.2) is 13.1 Å². The largest absolute Gasteiger partial charge is 0.390 e. The molecule has 0 bridgehead atoms. The third kappa shape index (κ3) is 3.07. The first kappa shape index (κ1) is 15.5. The van der Waals surface area contributed by atoms with Crippen LogP contribution in [-0.2, 0) is 23.7 Å². The average Bonchev–Trinajstić information content (AvgIpc) is 3.04. The number of nitrogens with one attached hydrogen (secondary N) is 1. The van der Waals surface area contributed by atoms with E-state index in [4.69, 9.17) is 5.11 Å². The zero-order valence-corrected chi connectivity index (χ0v) is 13.0. The molecule has 2 N–H and O–H groups in total. The van der Waals surface area contributed by atoms with E-state index >= 15 is 0 Å². The molecule has 0 radical (unpaired) electrons. The molecule has 0 unspecified atom stereocenters. The van der Waals surface area contributed by atoms with Crippen molar-refractivity contribution in [2.75, 3.05) is 6.54 Å². The fourth-order valence-corrected chi connectivity index (χ4v) is 4.24. The van der Waals surface area contributed by atoms with Crippen LogP contribution in [0.25, 0.3) is 0 Å². The molecule has 2 rings (SSSR count). The van der Waals surface area contributed by atoms with E-state index in [1.54, 1.807) is 17.8 Å². The summed E-state index contributed by atoms with van der Waals surface area (Å²) in [5.41, 5.74) is 0.721. The summed E-state index contributed by atoms with van der Waals surface area (Å²) in [6, 6.07) is 1.52. The van der Waals surface area contributed by atoms with E-state index < -0.39 is 10.0 Å². The van der Waals surface area contributed by atoms with Gasteiger partial charge in [-0.3, -0.25) is 0 Å². The number of nitrogens with zero attached hydrogens (tertiary/aromatic N) is 1. The minimum absolute atomic E-state index is 0.127. The topological polar surface area (TPSA) is 71.3 Å². The zero-order valence-electron chi connectivity index (χ0n) is 12.2. The minimum Gasteiger partial charge on any atom is -0.390 e. The highest BCUT2D eigenvalue weighted by Gasteiger charge is 2.33. The number of aliphatic hydroxyl groups is 1. The lowest BCUT2D eigenvalue weighted by molar-refractivity contribution is 0.272. The third-order valence-electron chi connectivity index (χ3n) is 4.61. The van der Waals surface area contributed by atoms with Crippen LogP contribution in [0.15, 0.2) is 17.2 Å². The van der Waals surface area contributed by atoms with Crippen molar-refractivity contribution in [1.82, 2.24) is 9.29 Å². The normalized spacial score (nSPS) is 18.6. The predicted molar refractivity (Wildman–Crippen MR) is 77.7 cm³/mol. The number of aryl methyl sites for hydroxylation is 1. The highest BCUT2D eigenvalue weighted by Crippen LogP contribution is 2.40. The summed E-state index contributed by atoms with van der Waals surface area (Å²) in [5.74, 6) is 0. The highest BCUT2D eigenvalue weighted by atomic mass is 32.2. The number of hydrogen-bond donors (Lipinski definition) is 2. The first-order chi connectivity index (χ1) is 9.42. The maximum Gasteiger partial charge on any atom is 0.242 e. The molecule has 0 aliphatic heterocycles. The van der Waals surface area contributed by atoms with Crippen LogP contribution in [0.3, 0.4) is 0 Å². The van der Waals surface area contributed by atoms with Gasteiger partial charge in [0.05, 0.1) is 11.5 Å². The van der Waals surface area contributed by atoms with Crippen LogP contribution in [0.5, 0.6) is 0 Å². The van der Waals surface area contributed by atoms with Crippen LogP contribution in [-0.4, -0.2) is 24.6 Å². The second-order valence-corrected chi connectivity index (χ2v) is 7.59. The van der Waals surface area contributed by atoms with E-state index in [1.807, 2.05) is 0 Å². The van der Waals surface area contributed by atoms with Gasteiger partial charge in [-0.1, -0.05) is 19.8 Å². The molecule has 0 saturated heterocycles. The molecule has 0 spiro atoms. The molecule has 114 valence electrons. The summed E-state index contributed by atoms with van der Waals surface area (Å²) in [7, 11) is -1.76.